The van der Waals surface area contributed by atoms with E-state index < -0.39 is 0 Å². The summed E-state index contributed by atoms with van der Waals surface area (Å²) < 4.78 is 4.75. The predicted octanol–water partition coefficient (Wildman–Crippen LogP) is -0.0871. The number of primary amides is 1. The molecule has 1 unspecified atom stereocenters. The Morgan fingerprint density at radius 2 is 2.31 bits per heavy atom. The molecule has 1 saturated heterocycles. The first-order chi connectivity index (χ1) is 7.63. The van der Waals surface area contributed by atoms with E-state index in [0.717, 1.165) is 13.0 Å². The van der Waals surface area contributed by atoms with Crippen LogP contribution in [0.25, 0.3) is 0 Å². The van der Waals surface area contributed by atoms with Gasteiger partial charge >= 0.3 is 5.97 Å². The van der Waals surface area contributed by atoms with E-state index in [-0.39, 0.29) is 17.8 Å². The Morgan fingerprint density at radius 1 is 1.56 bits per heavy atom. The molecule has 1 aliphatic rings. The van der Waals surface area contributed by atoms with Crippen molar-refractivity contribution in [3.63, 3.8) is 0 Å². The first kappa shape index (κ1) is 12.7. The third-order valence-corrected chi connectivity index (χ3v) is 2.58. The molecule has 0 saturated carbocycles. The van der Waals surface area contributed by atoms with Gasteiger partial charge in [-0.05, 0) is 19.9 Å². The number of carbonyl (C=O) groups excluding carboxylic acids is 2. The highest BCUT2D eigenvalue weighted by Gasteiger charge is 2.25. The number of hydrogen-bond donors (Lipinski definition) is 1. The van der Waals surface area contributed by atoms with Crippen LogP contribution in [0.2, 0.25) is 0 Å². The smallest absolute Gasteiger partial charge is 0.330 e. The van der Waals surface area contributed by atoms with Crippen molar-refractivity contribution in [2.75, 3.05) is 26.2 Å². The van der Waals surface area contributed by atoms with Gasteiger partial charge < -0.3 is 10.5 Å². The molecule has 16 heavy (non-hydrogen) atoms. The molecule has 1 heterocycles. The summed E-state index contributed by atoms with van der Waals surface area (Å²) >= 11 is 0. The van der Waals surface area contributed by atoms with Crippen molar-refractivity contribution >= 4 is 11.9 Å². The van der Waals surface area contributed by atoms with Crippen molar-refractivity contribution in [3.8, 4) is 0 Å². The Balaban J connectivity index is 2.24. The standard InChI is InChI=1S/C11H18N2O3/c1-2-16-10(14)4-3-6-13-7-5-9(8-13)11(12)15/h3-4,9H,2,5-8H2,1H3,(H2,12,15)/b4-3+. The lowest BCUT2D eigenvalue weighted by Gasteiger charge is -2.11. The first-order valence-electron chi connectivity index (χ1n) is 5.48. The number of carbonyl (C=O) groups is 2. The summed E-state index contributed by atoms with van der Waals surface area (Å²) in [5.74, 6) is -0.610. The largest absolute Gasteiger partial charge is 0.463 e. The van der Waals surface area contributed by atoms with Crippen LogP contribution in [0.1, 0.15) is 13.3 Å². The van der Waals surface area contributed by atoms with Gasteiger partial charge in [0.15, 0.2) is 0 Å². The van der Waals surface area contributed by atoms with Gasteiger partial charge in [-0.25, -0.2) is 4.79 Å². The highest BCUT2D eigenvalue weighted by atomic mass is 16.5. The highest BCUT2D eigenvalue weighted by molar-refractivity contribution is 5.81. The number of amides is 1. The van der Waals surface area contributed by atoms with E-state index in [1.165, 1.54) is 6.08 Å². The number of hydrogen-bond acceptors (Lipinski definition) is 4. The van der Waals surface area contributed by atoms with E-state index >= 15 is 0 Å². The van der Waals surface area contributed by atoms with Gasteiger partial charge in [-0.3, -0.25) is 9.69 Å². The zero-order valence-electron chi connectivity index (χ0n) is 9.52. The van der Waals surface area contributed by atoms with Crippen molar-refractivity contribution in [1.82, 2.24) is 4.90 Å². The third-order valence-electron chi connectivity index (χ3n) is 2.58. The Bertz CT molecular complexity index is 289. The SMILES string of the molecule is CCOC(=O)/C=C/CN1CCC(C(N)=O)C1. The second-order valence-corrected chi connectivity index (χ2v) is 3.80. The lowest BCUT2D eigenvalue weighted by atomic mass is 10.1. The quantitative estimate of drug-likeness (QED) is 0.525. The van der Waals surface area contributed by atoms with Crippen LogP contribution in [-0.2, 0) is 14.3 Å². The summed E-state index contributed by atoms with van der Waals surface area (Å²) in [4.78, 5) is 24.0. The Hall–Kier alpha value is -1.36. The van der Waals surface area contributed by atoms with Gasteiger partial charge in [-0.2, -0.15) is 0 Å². The number of nitrogens with zero attached hydrogens (tertiary/aromatic N) is 1. The minimum atomic E-state index is -0.326. The fourth-order valence-electron chi connectivity index (χ4n) is 1.72. The van der Waals surface area contributed by atoms with E-state index in [4.69, 9.17) is 10.5 Å². The molecule has 2 N–H and O–H groups in total. The number of esters is 1. The molecular formula is C11H18N2O3. The summed E-state index contributed by atoms with van der Waals surface area (Å²) in [5.41, 5.74) is 5.22. The van der Waals surface area contributed by atoms with Crippen molar-refractivity contribution in [2.45, 2.75) is 13.3 Å². The van der Waals surface area contributed by atoms with Crippen LogP contribution in [0.5, 0.6) is 0 Å². The highest BCUT2D eigenvalue weighted by Crippen LogP contribution is 2.14. The summed E-state index contributed by atoms with van der Waals surface area (Å²) in [7, 11) is 0. The number of rotatable bonds is 5. The van der Waals surface area contributed by atoms with Crippen molar-refractivity contribution < 1.29 is 14.3 Å². The summed E-state index contributed by atoms with van der Waals surface area (Å²) in [5, 5.41) is 0. The van der Waals surface area contributed by atoms with Crippen LogP contribution in [0, 0.1) is 5.92 Å². The molecule has 0 aromatic rings. The van der Waals surface area contributed by atoms with Gasteiger partial charge in [0.05, 0.1) is 12.5 Å². The van der Waals surface area contributed by atoms with Gasteiger partial charge in [0.1, 0.15) is 0 Å². The van der Waals surface area contributed by atoms with Crippen LogP contribution < -0.4 is 5.73 Å². The average molecular weight is 226 g/mol. The molecule has 90 valence electrons. The van der Waals surface area contributed by atoms with Crippen molar-refractivity contribution in [2.24, 2.45) is 11.7 Å². The Morgan fingerprint density at radius 3 is 2.88 bits per heavy atom. The molecule has 0 bridgehead atoms. The zero-order chi connectivity index (χ0) is 12.0. The van der Waals surface area contributed by atoms with Gasteiger partial charge in [0, 0.05) is 19.2 Å². The molecule has 1 fully saturated rings. The molecule has 0 radical (unpaired) electrons. The number of ether oxygens (including phenoxy) is 1. The van der Waals surface area contributed by atoms with Crippen LogP contribution in [0.3, 0.4) is 0 Å². The van der Waals surface area contributed by atoms with Crippen LogP contribution in [0.15, 0.2) is 12.2 Å². The van der Waals surface area contributed by atoms with E-state index in [1.54, 1.807) is 13.0 Å². The monoisotopic (exact) mass is 226 g/mol. The minimum Gasteiger partial charge on any atom is -0.463 e. The van der Waals surface area contributed by atoms with Gasteiger partial charge in [-0.15, -0.1) is 0 Å². The summed E-state index contributed by atoms with van der Waals surface area (Å²) in [6, 6.07) is 0. The third kappa shape index (κ3) is 4.02. The maximum absolute atomic E-state index is 11.0. The molecule has 0 spiro atoms. The lowest BCUT2D eigenvalue weighted by molar-refractivity contribution is -0.137. The molecular weight excluding hydrogens is 208 g/mol. The normalized spacial score (nSPS) is 21.4. The van der Waals surface area contributed by atoms with Crippen LogP contribution in [0.4, 0.5) is 0 Å². The maximum atomic E-state index is 11.0. The van der Waals surface area contributed by atoms with Gasteiger partial charge in [0.25, 0.3) is 0 Å². The van der Waals surface area contributed by atoms with E-state index in [1.807, 2.05) is 0 Å². The number of likely N-dealkylation sites (tertiary alicyclic amines) is 1. The molecule has 1 amide bonds. The average Bonchev–Trinajstić information content (AvgIpc) is 2.67. The molecule has 1 aliphatic heterocycles. The Labute approximate surface area is 95.2 Å². The molecule has 1 rings (SSSR count). The van der Waals surface area contributed by atoms with Crippen LogP contribution >= 0.6 is 0 Å². The lowest BCUT2D eigenvalue weighted by Crippen LogP contribution is -2.27. The summed E-state index contributed by atoms with van der Waals surface area (Å²) in [6.07, 6.45) is 3.98. The summed E-state index contributed by atoms with van der Waals surface area (Å²) in [6.45, 7) is 4.34. The Kier molecular flexibility index (Phi) is 4.98. The fourth-order valence-corrected chi connectivity index (χ4v) is 1.72. The predicted molar refractivity (Wildman–Crippen MR) is 59.5 cm³/mol. The van der Waals surface area contributed by atoms with Crippen LogP contribution in [-0.4, -0.2) is 43.0 Å². The van der Waals surface area contributed by atoms with E-state index in [0.29, 0.717) is 19.7 Å². The topological polar surface area (TPSA) is 72.6 Å². The fraction of sp³-hybridized carbons (Fsp3) is 0.636. The molecule has 0 aliphatic carbocycles. The van der Waals surface area contributed by atoms with Crippen molar-refractivity contribution in [3.05, 3.63) is 12.2 Å². The number of nitrogens with two attached hydrogens (primary N) is 1. The maximum Gasteiger partial charge on any atom is 0.330 e. The second kappa shape index (κ2) is 6.27. The first-order valence-corrected chi connectivity index (χ1v) is 5.48. The van der Waals surface area contributed by atoms with E-state index in [9.17, 15) is 9.59 Å². The zero-order valence-corrected chi connectivity index (χ0v) is 9.52. The van der Waals surface area contributed by atoms with E-state index in [2.05, 4.69) is 4.90 Å². The molecule has 0 aromatic heterocycles. The van der Waals surface area contributed by atoms with Gasteiger partial charge in [-0.1, -0.05) is 6.08 Å². The molecule has 5 heteroatoms. The molecule has 0 aromatic carbocycles. The molecule has 5 nitrogen and oxygen atoms in total. The van der Waals surface area contributed by atoms with Gasteiger partial charge in [0.2, 0.25) is 5.91 Å². The second-order valence-electron chi connectivity index (χ2n) is 3.80. The van der Waals surface area contributed by atoms with Crippen molar-refractivity contribution in [1.29, 1.82) is 0 Å². The molecule has 1 atom stereocenters. The minimum absolute atomic E-state index is 0.0454.